The van der Waals surface area contributed by atoms with Gasteiger partial charge in [-0.25, -0.2) is 0 Å². The maximum absolute atomic E-state index is 12.4. The summed E-state index contributed by atoms with van der Waals surface area (Å²) in [4.78, 5) is 47.7. The number of primary amides is 1. The summed E-state index contributed by atoms with van der Waals surface area (Å²) in [6.07, 6.45) is 5.27. The molecule has 0 bridgehead atoms. The van der Waals surface area contributed by atoms with Crippen LogP contribution in [0.15, 0.2) is 0 Å². The van der Waals surface area contributed by atoms with Crippen molar-refractivity contribution in [3.8, 4) is 0 Å². The van der Waals surface area contributed by atoms with Crippen molar-refractivity contribution in [2.24, 2.45) is 17.2 Å². The van der Waals surface area contributed by atoms with Gasteiger partial charge in [-0.05, 0) is 51.6 Å². The molecule has 0 unspecified atom stereocenters. The van der Waals surface area contributed by atoms with Gasteiger partial charge < -0.3 is 52.1 Å². The van der Waals surface area contributed by atoms with Crippen LogP contribution in [0.25, 0.3) is 0 Å². The molecule has 42 heavy (non-hydrogen) atoms. The number of nitrogens with one attached hydrogen (secondary N) is 3. The normalized spacial score (nSPS) is 12.7. The molecule has 0 aromatic heterocycles. The van der Waals surface area contributed by atoms with Gasteiger partial charge in [0.2, 0.25) is 17.7 Å². The lowest BCUT2D eigenvalue weighted by Gasteiger charge is -2.20. The molecule has 0 aromatic carbocycles. The van der Waals surface area contributed by atoms with Gasteiger partial charge in [0.25, 0.3) is 0 Å². The molecule has 14 nitrogen and oxygen atoms in total. The first-order valence-electron chi connectivity index (χ1n) is 15.1. The Kier molecular flexibility index (Phi) is 26.2. The van der Waals surface area contributed by atoms with Crippen LogP contribution >= 0.6 is 0 Å². The molecule has 0 aliphatic carbocycles. The summed E-state index contributed by atoms with van der Waals surface area (Å²) in [6.45, 7) is 7.15. The van der Waals surface area contributed by atoms with E-state index in [-0.39, 0.29) is 56.8 Å². The van der Waals surface area contributed by atoms with Gasteiger partial charge in [-0.1, -0.05) is 20.3 Å². The van der Waals surface area contributed by atoms with Crippen molar-refractivity contribution in [3.63, 3.8) is 0 Å². The van der Waals surface area contributed by atoms with Crippen molar-refractivity contribution in [3.05, 3.63) is 0 Å². The minimum Gasteiger partial charge on any atom is -0.379 e. The second kappa shape index (κ2) is 27.6. The maximum Gasteiger partial charge on any atom is 0.246 e. The summed E-state index contributed by atoms with van der Waals surface area (Å²) in [5.74, 6) is -1.09. The van der Waals surface area contributed by atoms with E-state index in [0.29, 0.717) is 65.1 Å². The smallest absolute Gasteiger partial charge is 0.246 e. The molecule has 14 heteroatoms. The Morgan fingerprint density at radius 2 is 1.26 bits per heavy atom. The third kappa shape index (κ3) is 24.4. The van der Waals surface area contributed by atoms with Crippen LogP contribution in [0.3, 0.4) is 0 Å². The van der Waals surface area contributed by atoms with Gasteiger partial charge in [0.05, 0.1) is 39.1 Å². The second-order valence-corrected chi connectivity index (χ2v) is 10.2. The largest absolute Gasteiger partial charge is 0.379 e. The van der Waals surface area contributed by atoms with Crippen LogP contribution in [0.2, 0.25) is 0 Å². The molecule has 0 saturated carbocycles. The lowest BCUT2D eigenvalue weighted by Crippen LogP contribution is -2.47. The molecule has 0 aliphatic heterocycles. The average molecular weight is 605 g/mol. The molecule has 0 fully saturated rings. The van der Waals surface area contributed by atoms with Gasteiger partial charge in [0.1, 0.15) is 19.3 Å². The van der Waals surface area contributed by atoms with E-state index >= 15 is 0 Å². The fourth-order valence-electron chi connectivity index (χ4n) is 3.80. The fraction of sp³-hybridized carbons (Fsp3) is 0.857. The van der Waals surface area contributed by atoms with Gasteiger partial charge in [-0.2, -0.15) is 0 Å². The zero-order valence-electron chi connectivity index (χ0n) is 25.7. The molecule has 0 radical (unpaired) electrons. The van der Waals surface area contributed by atoms with E-state index in [0.717, 1.165) is 25.7 Å². The molecule has 0 spiro atoms. The Balaban J connectivity index is 3.69. The number of amides is 3. The number of hydrogen-bond acceptors (Lipinski definition) is 11. The molecule has 0 saturated heterocycles. The highest BCUT2D eigenvalue weighted by Gasteiger charge is 2.18. The minimum atomic E-state index is -0.736. The van der Waals surface area contributed by atoms with Crippen LogP contribution in [0.1, 0.15) is 65.2 Å². The first-order valence-corrected chi connectivity index (χ1v) is 15.1. The lowest BCUT2D eigenvalue weighted by atomic mass is 10.1. The molecular weight excluding hydrogens is 548 g/mol. The summed E-state index contributed by atoms with van der Waals surface area (Å²) < 4.78 is 21.5. The third-order valence-electron chi connectivity index (χ3n) is 5.95. The van der Waals surface area contributed by atoms with Crippen molar-refractivity contribution in [2.45, 2.75) is 83.3 Å². The number of rotatable bonds is 30. The first-order chi connectivity index (χ1) is 20.2. The van der Waals surface area contributed by atoms with Crippen molar-refractivity contribution < 1.29 is 38.1 Å². The Morgan fingerprint density at radius 1 is 0.690 bits per heavy atom. The number of carbonyl (C=O) groups is 4. The van der Waals surface area contributed by atoms with Crippen LogP contribution in [0, 0.1) is 0 Å². The molecule has 3 amide bonds. The number of carbonyl (C=O) groups excluding carboxylic acids is 4. The number of hydrogen-bond donors (Lipinski definition) is 6. The number of Topliss-reactive ketones (excluding diaryl/α,β-unsaturated/α-hetero) is 1. The first kappa shape index (κ1) is 39.8. The van der Waals surface area contributed by atoms with Gasteiger partial charge in [-0.15, -0.1) is 0 Å². The van der Waals surface area contributed by atoms with Crippen molar-refractivity contribution in [2.75, 3.05) is 72.5 Å². The highest BCUT2D eigenvalue weighted by Crippen LogP contribution is 2.02. The summed E-state index contributed by atoms with van der Waals surface area (Å²) in [7, 11) is 0. The van der Waals surface area contributed by atoms with E-state index < -0.39 is 17.9 Å². The highest BCUT2D eigenvalue weighted by atomic mass is 16.5. The summed E-state index contributed by atoms with van der Waals surface area (Å²) >= 11 is 0. The molecule has 246 valence electrons. The van der Waals surface area contributed by atoms with Crippen LogP contribution in [0.5, 0.6) is 0 Å². The van der Waals surface area contributed by atoms with E-state index in [1.54, 1.807) is 0 Å². The Morgan fingerprint density at radius 3 is 1.86 bits per heavy atom. The standard InChI is InChI=1S/C28H56N6O8/c1-22(2)33-25(10-4-6-12-30)28(38)32-13-15-40-17-18-41-20-23(35)8-7-14-39-16-19-42-21-26(36)34-24(27(31)37)9-3-5-11-29/h22,24-25,33H,3-21,29-30H2,1-2H3,(H2,31,37)(H,32,38)(H,34,36)/t24-,25-/m0/s1. The highest BCUT2D eigenvalue weighted by molar-refractivity contribution is 5.87. The minimum absolute atomic E-state index is 0.00217. The monoisotopic (exact) mass is 604 g/mol. The Labute approximate surface area is 250 Å². The summed E-state index contributed by atoms with van der Waals surface area (Å²) in [5, 5.41) is 8.72. The number of ether oxygens (including phenoxy) is 4. The van der Waals surface area contributed by atoms with Crippen molar-refractivity contribution in [1.82, 2.24) is 16.0 Å². The van der Waals surface area contributed by atoms with Gasteiger partial charge in [0.15, 0.2) is 5.78 Å². The molecule has 0 heterocycles. The topological polar surface area (TPSA) is 219 Å². The van der Waals surface area contributed by atoms with Gasteiger partial charge in [-0.3, -0.25) is 19.2 Å². The summed E-state index contributed by atoms with van der Waals surface area (Å²) in [6, 6.07) is -0.778. The molecule has 0 aromatic rings. The maximum atomic E-state index is 12.4. The molecule has 9 N–H and O–H groups in total. The van der Waals surface area contributed by atoms with Crippen LogP contribution < -0.4 is 33.2 Å². The van der Waals surface area contributed by atoms with Gasteiger partial charge >= 0.3 is 0 Å². The van der Waals surface area contributed by atoms with Crippen molar-refractivity contribution >= 4 is 23.5 Å². The van der Waals surface area contributed by atoms with Crippen molar-refractivity contribution in [1.29, 1.82) is 0 Å². The summed E-state index contributed by atoms with van der Waals surface area (Å²) in [5.41, 5.74) is 16.3. The third-order valence-corrected chi connectivity index (χ3v) is 5.95. The molecular formula is C28H56N6O8. The lowest BCUT2D eigenvalue weighted by molar-refractivity contribution is -0.131. The van der Waals surface area contributed by atoms with Crippen LogP contribution in [-0.4, -0.2) is 114 Å². The quantitative estimate of drug-likeness (QED) is 0.0552. The van der Waals surface area contributed by atoms with Crippen LogP contribution in [-0.2, 0) is 38.1 Å². The van der Waals surface area contributed by atoms with E-state index in [1.165, 1.54) is 0 Å². The van der Waals surface area contributed by atoms with E-state index in [4.69, 9.17) is 36.1 Å². The van der Waals surface area contributed by atoms with E-state index in [2.05, 4.69) is 16.0 Å². The Hall–Kier alpha value is -2.20. The predicted octanol–water partition coefficient (Wildman–Crippen LogP) is -0.887. The Bertz CT molecular complexity index is 729. The number of unbranched alkanes of at least 4 members (excludes halogenated alkanes) is 2. The van der Waals surface area contributed by atoms with Gasteiger partial charge in [0, 0.05) is 25.6 Å². The predicted molar refractivity (Wildman–Crippen MR) is 160 cm³/mol. The van der Waals surface area contributed by atoms with E-state index in [1.807, 2.05) is 13.8 Å². The zero-order chi connectivity index (χ0) is 31.4. The molecule has 0 aliphatic rings. The zero-order valence-corrected chi connectivity index (χ0v) is 25.7. The second-order valence-electron chi connectivity index (χ2n) is 10.2. The average Bonchev–Trinajstić information content (AvgIpc) is 2.94. The van der Waals surface area contributed by atoms with Crippen LogP contribution in [0.4, 0.5) is 0 Å². The number of ketones is 1. The fourth-order valence-corrected chi connectivity index (χ4v) is 3.80. The molecule has 0 rings (SSSR count). The SMILES string of the molecule is CC(C)N[C@@H](CCCCN)C(=O)NCCOCCOCC(=O)CCCOCCOCC(=O)N[C@@H](CCCCN)C(N)=O. The number of nitrogens with two attached hydrogens (primary N) is 3. The molecule has 2 atom stereocenters. The van der Waals surface area contributed by atoms with E-state index in [9.17, 15) is 19.2 Å².